The fourth-order valence-corrected chi connectivity index (χ4v) is 1.29. The normalized spacial score (nSPS) is 17.0. The Morgan fingerprint density at radius 1 is 1.15 bits per heavy atom. The van der Waals surface area contributed by atoms with E-state index in [1.807, 2.05) is 0 Å². The zero-order valence-electron chi connectivity index (χ0n) is 10.5. The van der Waals surface area contributed by atoms with Crippen molar-refractivity contribution in [3.05, 3.63) is 0 Å². The van der Waals surface area contributed by atoms with E-state index in [1.54, 1.807) is 0 Å². The lowest BCUT2D eigenvalue weighted by molar-refractivity contribution is -0.142. The molecule has 0 saturated heterocycles. The maximum Gasteiger partial charge on any atom is 0.321 e. The Morgan fingerprint density at radius 2 is 1.70 bits per heavy atom. The molecule has 20 heavy (non-hydrogen) atoms. The number of Topliss-reactive ketones (excluding diaryl/α,β-unsaturated/α-hetero) is 1. The van der Waals surface area contributed by atoms with Gasteiger partial charge in [0.2, 0.25) is 5.91 Å². The molecule has 4 atom stereocenters. The summed E-state index contributed by atoms with van der Waals surface area (Å²) in [7, 11) is 0. The zero-order valence-corrected chi connectivity index (χ0v) is 10.5. The van der Waals surface area contributed by atoms with E-state index in [1.165, 1.54) is 0 Å². The molecule has 10 nitrogen and oxygen atoms in total. The number of carboxylic acids is 1. The van der Waals surface area contributed by atoms with E-state index in [0.29, 0.717) is 0 Å². The summed E-state index contributed by atoms with van der Waals surface area (Å²) in [6.07, 6.45) is -6.18. The molecule has 0 heterocycles. The Kier molecular flexibility index (Phi) is 7.87. The van der Waals surface area contributed by atoms with Gasteiger partial charge in [-0.2, -0.15) is 0 Å². The lowest BCUT2D eigenvalue weighted by Crippen LogP contribution is -2.49. The summed E-state index contributed by atoms with van der Waals surface area (Å²) in [4.78, 5) is 32.8. The number of rotatable bonds is 10. The van der Waals surface area contributed by atoms with Gasteiger partial charge < -0.3 is 31.3 Å². The van der Waals surface area contributed by atoms with Gasteiger partial charge >= 0.3 is 5.97 Å². The first-order chi connectivity index (χ1) is 9.20. The molecule has 116 valence electrons. The molecule has 0 saturated carbocycles. The number of hydrogen-bond donors (Lipinski definition) is 7. The largest absolute Gasteiger partial charge is 0.480 e. The van der Waals surface area contributed by atoms with E-state index in [-0.39, 0.29) is 0 Å². The summed E-state index contributed by atoms with van der Waals surface area (Å²) in [5, 5.41) is 47.2. The van der Waals surface area contributed by atoms with E-state index in [0.717, 1.165) is 0 Å². The topological polar surface area (TPSA) is 190 Å². The van der Waals surface area contributed by atoms with Gasteiger partial charge in [-0.3, -0.25) is 19.7 Å². The van der Waals surface area contributed by atoms with Crippen molar-refractivity contribution in [3.63, 3.8) is 0 Å². The Morgan fingerprint density at radius 3 is 2.10 bits per heavy atom. The van der Waals surface area contributed by atoms with E-state index in [4.69, 9.17) is 21.1 Å². The lowest BCUT2D eigenvalue weighted by atomic mass is 10.0. The SMILES string of the molecule is NC(=O)C[C@H](NCC(=O)[C@@H](O)[C@H](O)[C@H](O)CO)C(=O)O. The van der Waals surface area contributed by atoms with Crippen LogP contribution in [-0.2, 0) is 14.4 Å². The van der Waals surface area contributed by atoms with Crippen molar-refractivity contribution in [1.29, 1.82) is 0 Å². The number of nitrogens with one attached hydrogen (secondary N) is 1. The molecule has 10 heteroatoms. The second kappa shape index (κ2) is 8.55. The highest BCUT2D eigenvalue weighted by Gasteiger charge is 2.30. The van der Waals surface area contributed by atoms with Crippen LogP contribution < -0.4 is 11.1 Å². The molecule has 0 aliphatic carbocycles. The second-order valence-corrected chi connectivity index (χ2v) is 4.09. The van der Waals surface area contributed by atoms with Crippen LogP contribution in [0, 0.1) is 0 Å². The molecule has 0 radical (unpaired) electrons. The van der Waals surface area contributed by atoms with Gasteiger partial charge in [-0.05, 0) is 0 Å². The number of ketones is 1. The molecule has 0 aliphatic rings. The monoisotopic (exact) mass is 294 g/mol. The van der Waals surface area contributed by atoms with Crippen LogP contribution in [0.25, 0.3) is 0 Å². The second-order valence-electron chi connectivity index (χ2n) is 4.09. The van der Waals surface area contributed by atoms with Gasteiger partial charge in [0, 0.05) is 0 Å². The summed E-state index contributed by atoms with van der Waals surface area (Å²) in [6, 6.07) is -1.41. The molecule has 0 spiro atoms. The van der Waals surface area contributed by atoms with Gasteiger partial charge in [0.25, 0.3) is 0 Å². The van der Waals surface area contributed by atoms with Gasteiger partial charge in [0.1, 0.15) is 24.4 Å². The van der Waals surface area contributed by atoms with E-state index >= 15 is 0 Å². The van der Waals surface area contributed by atoms with Gasteiger partial charge in [0.05, 0.1) is 19.6 Å². The Hall–Kier alpha value is -1.59. The maximum atomic E-state index is 11.4. The number of amides is 1. The van der Waals surface area contributed by atoms with Crippen LogP contribution in [-0.4, -0.2) is 80.7 Å². The van der Waals surface area contributed by atoms with Gasteiger partial charge in [0.15, 0.2) is 5.78 Å². The first-order valence-corrected chi connectivity index (χ1v) is 5.63. The molecule has 0 aromatic carbocycles. The van der Waals surface area contributed by atoms with Crippen molar-refractivity contribution in [3.8, 4) is 0 Å². The summed E-state index contributed by atoms with van der Waals surface area (Å²) >= 11 is 0. The first-order valence-electron chi connectivity index (χ1n) is 5.63. The number of hydrogen-bond acceptors (Lipinski definition) is 8. The number of aliphatic hydroxyl groups is 4. The van der Waals surface area contributed by atoms with Crippen molar-refractivity contribution in [2.75, 3.05) is 13.2 Å². The molecule has 1 amide bonds. The summed E-state index contributed by atoms with van der Waals surface area (Å²) in [5.74, 6) is -3.32. The molecule has 0 bridgehead atoms. The van der Waals surface area contributed by atoms with Crippen LogP contribution in [0.5, 0.6) is 0 Å². The average Bonchev–Trinajstić information content (AvgIpc) is 2.39. The third kappa shape index (κ3) is 6.04. The molecule has 0 aromatic rings. The Labute approximate surface area is 113 Å². The van der Waals surface area contributed by atoms with Crippen LogP contribution in [0.4, 0.5) is 0 Å². The molecule has 8 N–H and O–H groups in total. The number of nitrogens with two attached hydrogens (primary N) is 1. The molecule has 0 aliphatic heterocycles. The van der Waals surface area contributed by atoms with E-state index in [9.17, 15) is 24.6 Å². The predicted octanol–water partition coefficient (Wildman–Crippen LogP) is -4.45. The Balaban J connectivity index is 4.44. The number of aliphatic hydroxyl groups excluding tert-OH is 4. The van der Waals surface area contributed by atoms with Crippen molar-refractivity contribution in [2.45, 2.75) is 30.8 Å². The van der Waals surface area contributed by atoms with Crippen LogP contribution in [0.15, 0.2) is 0 Å². The van der Waals surface area contributed by atoms with Gasteiger partial charge in [-0.1, -0.05) is 0 Å². The predicted molar refractivity (Wildman–Crippen MR) is 63.4 cm³/mol. The van der Waals surface area contributed by atoms with Gasteiger partial charge in [-0.15, -0.1) is 0 Å². The minimum atomic E-state index is -2.01. The van der Waals surface area contributed by atoms with Crippen molar-refractivity contribution in [2.24, 2.45) is 5.73 Å². The quantitative estimate of drug-likeness (QED) is 0.208. The highest BCUT2D eigenvalue weighted by atomic mass is 16.4. The highest BCUT2D eigenvalue weighted by molar-refractivity contribution is 5.87. The van der Waals surface area contributed by atoms with Crippen LogP contribution in [0.3, 0.4) is 0 Å². The number of aliphatic carboxylic acids is 1. The summed E-state index contributed by atoms with van der Waals surface area (Å²) < 4.78 is 0. The molecule has 0 fully saturated rings. The van der Waals surface area contributed by atoms with Crippen molar-refractivity contribution < 1.29 is 39.9 Å². The lowest BCUT2D eigenvalue weighted by Gasteiger charge is -2.21. The third-order valence-corrected chi connectivity index (χ3v) is 2.46. The maximum absolute atomic E-state index is 11.4. The zero-order chi connectivity index (χ0) is 15.9. The fraction of sp³-hybridized carbons (Fsp3) is 0.700. The molecule has 0 unspecified atom stereocenters. The van der Waals surface area contributed by atoms with Crippen LogP contribution in [0.2, 0.25) is 0 Å². The van der Waals surface area contributed by atoms with Crippen molar-refractivity contribution >= 4 is 17.7 Å². The number of primary amides is 1. The number of carbonyl (C=O) groups excluding carboxylic acids is 2. The summed E-state index contributed by atoms with van der Waals surface area (Å²) in [6.45, 7) is -1.53. The fourth-order valence-electron chi connectivity index (χ4n) is 1.29. The smallest absolute Gasteiger partial charge is 0.321 e. The molecule has 0 rings (SSSR count). The van der Waals surface area contributed by atoms with E-state index in [2.05, 4.69) is 5.32 Å². The van der Waals surface area contributed by atoms with Crippen molar-refractivity contribution in [1.82, 2.24) is 5.32 Å². The Bertz CT molecular complexity index is 361. The molecular formula is C10H18N2O8. The molecular weight excluding hydrogens is 276 g/mol. The first kappa shape index (κ1) is 18.4. The summed E-state index contributed by atoms with van der Waals surface area (Å²) in [5.41, 5.74) is 4.83. The van der Waals surface area contributed by atoms with Crippen LogP contribution in [0.1, 0.15) is 6.42 Å². The van der Waals surface area contributed by atoms with E-state index < -0.39 is 61.6 Å². The molecule has 0 aromatic heterocycles. The van der Waals surface area contributed by atoms with Crippen LogP contribution >= 0.6 is 0 Å². The number of carboxylic acid groups (broad SMARTS) is 1. The number of carbonyl (C=O) groups is 3. The minimum Gasteiger partial charge on any atom is -0.480 e. The minimum absolute atomic E-state index is 0.555. The third-order valence-electron chi connectivity index (χ3n) is 2.46. The van der Waals surface area contributed by atoms with Gasteiger partial charge in [-0.25, -0.2) is 0 Å². The standard InChI is InChI=1S/C10H18N2O8/c11-7(16)1-4(10(19)20)12-2-5(14)8(17)9(18)6(15)3-13/h4,6,8-9,12-13,15,17-18H,1-3H2,(H2,11,16)(H,19,20)/t4-,6+,8+,9+/m0/s1. The average molecular weight is 294 g/mol. The highest BCUT2D eigenvalue weighted by Crippen LogP contribution is 2.01.